The van der Waals surface area contributed by atoms with E-state index in [-0.39, 0.29) is 16.6 Å². The van der Waals surface area contributed by atoms with Crippen LogP contribution in [-0.2, 0) is 10.0 Å². The van der Waals surface area contributed by atoms with E-state index in [4.69, 9.17) is 5.73 Å². The van der Waals surface area contributed by atoms with Crippen LogP contribution in [0, 0.1) is 11.7 Å². The topological polar surface area (TPSA) is 72.2 Å². The van der Waals surface area contributed by atoms with Gasteiger partial charge in [-0.25, -0.2) is 17.5 Å². The molecule has 1 aliphatic rings. The van der Waals surface area contributed by atoms with Crippen LogP contribution in [0.25, 0.3) is 0 Å². The second kappa shape index (κ2) is 6.10. The third-order valence-electron chi connectivity index (χ3n) is 3.96. The summed E-state index contributed by atoms with van der Waals surface area (Å²) in [6, 6.07) is 3.45. The Morgan fingerprint density at radius 1 is 1.40 bits per heavy atom. The van der Waals surface area contributed by atoms with Gasteiger partial charge in [0.15, 0.2) is 0 Å². The Kier molecular flexibility index (Phi) is 4.65. The van der Waals surface area contributed by atoms with Gasteiger partial charge < -0.3 is 5.73 Å². The van der Waals surface area contributed by atoms with Crippen molar-refractivity contribution in [3.63, 3.8) is 0 Å². The van der Waals surface area contributed by atoms with Crippen LogP contribution in [0.1, 0.15) is 39.0 Å². The van der Waals surface area contributed by atoms with E-state index >= 15 is 0 Å². The van der Waals surface area contributed by atoms with Crippen molar-refractivity contribution in [2.75, 3.05) is 5.73 Å². The van der Waals surface area contributed by atoms with Crippen LogP contribution in [0.4, 0.5) is 10.1 Å². The zero-order chi connectivity index (χ0) is 14.8. The summed E-state index contributed by atoms with van der Waals surface area (Å²) >= 11 is 0. The molecule has 0 aliphatic heterocycles. The molecule has 20 heavy (non-hydrogen) atoms. The molecule has 6 heteroatoms. The number of halogens is 1. The molecule has 0 bridgehead atoms. The first-order valence-electron chi connectivity index (χ1n) is 6.99. The van der Waals surface area contributed by atoms with Crippen LogP contribution < -0.4 is 10.5 Å². The molecule has 0 radical (unpaired) electrons. The molecule has 0 aromatic heterocycles. The van der Waals surface area contributed by atoms with E-state index in [2.05, 4.69) is 11.6 Å². The normalized spacial score (nSPS) is 23.7. The average molecular weight is 300 g/mol. The Hall–Kier alpha value is -1.14. The van der Waals surface area contributed by atoms with Crippen molar-refractivity contribution >= 4 is 15.7 Å². The van der Waals surface area contributed by atoms with E-state index in [0.29, 0.717) is 5.92 Å². The van der Waals surface area contributed by atoms with Crippen LogP contribution in [0.3, 0.4) is 0 Å². The molecule has 2 atom stereocenters. The first kappa shape index (κ1) is 15.3. The maximum Gasteiger partial charge on any atom is 0.240 e. The van der Waals surface area contributed by atoms with Crippen LogP contribution >= 0.6 is 0 Å². The fourth-order valence-corrected chi connectivity index (χ4v) is 4.06. The minimum Gasteiger partial charge on any atom is -0.396 e. The minimum atomic E-state index is -3.63. The fraction of sp³-hybridized carbons (Fsp3) is 0.571. The highest BCUT2D eigenvalue weighted by Crippen LogP contribution is 2.27. The Morgan fingerprint density at radius 3 is 2.80 bits per heavy atom. The molecule has 1 aromatic carbocycles. The highest BCUT2D eigenvalue weighted by molar-refractivity contribution is 7.89. The van der Waals surface area contributed by atoms with E-state index < -0.39 is 15.8 Å². The maximum absolute atomic E-state index is 13.1. The molecular formula is C14H21FN2O2S. The molecule has 0 heterocycles. The fourth-order valence-electron chi connectivity index (χ4n) is 2.75. The van der Waals surface area contributed by atoms with Gasteiger partial charge in [-0.1, -0.05) is 26.2 Å². The van der Waals surface area contributed by atoms with Crippen LogP contribution in [0.5, 0.6) is 0 Å². The molecule has 1 fully saturated rings. The predicted molar refractivity (Wildman–Crippen MR) is 77.2 cm³/mol. The van der Waals surface area contributed by atoms with E-state index in [0.717, 1.165) is 44.2 Å². The number of nitrogens with one attached hydrogen (secondary N) is 1. The van der Waals surface area contributed by atoms with Gasteiger partial charge in [0, 0.05) is 6.04 Å². The third kappa shape index (κ3) is 3.49. The summed E-state index contributed by atoms with van der Waals surface area (Å²) < 4.78 is 40.4. The van der Waals surface area contributed by atoms with Gasteiger partial charge in [-0.3, -0.25) is 0 Å². The number of benzene rings is 1. The molecule has 2 unspecified atom stereocenters. The van der Waals surface area contributed by atoms with E-state index in [9.17, 15) is 12.8 Å². The summed E-state index contributed by atoms with van der Waals surface area (Å²) in [6.07, 6.45) is 5.00. The Balaban J connectivity index is 2.12. The Morgan fingerprint density at radius 2 is 2.15 bits per heavy atom. The maximum atomic E-state index is 13.1. The molecule has 1 aromatic rings. The summed E-state index contributed by atoms with van der Waals surface area (Å²) in [6.45, 7) is 2.13. The zero-order valence-corrected chi connectivity index (χ0v) is 12.4. The molecule has 0 spiro atoms. The van der Waals surface area contributed by atoms with Gasteiger partial charge in [0.25, 0.3) is 0 Å². The number of hydrogen-bond donors (Lipinski definition) is 2. The highest BCUT2D eigenvalue weighted by atomic mass is 32.2. The largest absolute Gasteiger partial charge is 0.396 e. The lowest BCUT2D eigenvalue weighted by atomic mass is 9.85. The lowest BCUT2D eigenvalue weighted by Gasteiger charge is -2.28. The smallest absolute Gasteiger partial charge is 0.240 e. The van der Waals surface area contributed by atoms with Gasteiger partial charge in [-0.15, -0.1) is 0 Å². The van der Waals surface area contributed by atoms with Crippen molar-refractivity contribution in [2.24, 2.45) is 5.92 Å². The Labute approximate surface area is 119 Å². The average Bonchev–Trinajstić information content (AvgIpc) is 2.41. The lowest BCUT2D eigenvalue weighted by Crippen LogP contribution is -2.38. The number of rotatable bonds is 4. The molecule has 0 saturated heterocycles. The predicted octanol–water partition coefficient (Wildman–Crippen LogP) is 2.66. The van der Waals surface area contributed by atoms with Gasteiger partial charge in [-0.05, 0) is 37.0 Å². The summed E-state index contributed by atoms with van der Waals surface area (Å²) in [5.74, 6) is -0.0256. The SMILES string of the molecule is CCC1CCCC(NS(=O)(=O)c2ccc(F)c(N)c2)C1. The molecule has 3 N–H and O–H groups in total. The quantitative estimate of drug-likeness (QED) is 0.840. The van der Waals surface area contributed by atoms with Gasteiger partial charge in [0.05, 0.1) is 10.6 Å². The molecule has 112 valence electrons. The lowest BCUT2D eigenvalue weighted by molar-refractivity contribution is 0.301. The van der Waals surface area contributed by atoms with Gasteiger partial charge in [0.2, 0.25) is 10.0 Å². The molecule has 2 rings (SSSR count). The van der Waals surface area contributed by atoms with E-state index in [1.54, 1.807) is 0 Å². The summed E-state index contributed by atoms with van der Waals surface area (Å²) in [5, 5.41) is 0. The summed E-state index contributed by atoms with van der Waals surface area (Å²) in [5.41, 5.74) is 5.28. The van der Waals surface area contributed by atoms with Crippen molar-refractivity contribution in [1.29, 1.82) is 0 Å². The van der Waals surface area contributed by atoms with Crippen molar-refractivity contribution in [2.45, 2.75) is 50.0 Å². The van der Waals surface area contributed by atoms with E-state index in [1.807, 2.05) is 0 Å². The molecular weight excluding hydrogens is 279 g/mol. The number of nitrogen functional groups attached to an aromatic ring is 1. The number of nitrogens with two attached hydrogens (primary N) is 1. The number of hydrogen-bond acceptors (Lipinski definition) is 3. The monoisotopic (exact) mass is 300 g/mol. The van der Waals surface area contributed by atoms with Gasteiger partial charge in [0.1, 0.15) is 5.82 Å². The standard InChI is InChI=1S/C14H21FN2O2S/c1-2-10-4-3-5-11(8-10)17-20(18,19)12-6-7-13(15)14(16)9-12/h6-7,9-11,17H,2-5,8,16H2,1H3. The Bertz CT molecular complexity index is 575. The van der Waals surface area contributed by atoms with E-state index in [1.165, 1.54) is 6.07 Å². The molecule has 1 saturated carbocycles. The first-order chi connectivity index (χ1) is 9.42. The zero-order valence-electron chi connectivity index (χ0n) is 11.6. The van der Waals surface area contributed by atoms with Crippen molar-refractivity contribution in [3.8, 4) is 0 Å². The second-order valence-corrected chi connectivity index (χ2v) is 7.16. The van der Waals surface area contributed by atoms with Crippen LogP contribution in [-0.4, -0.2) is 14.5 Å². The highest BCUT2D eigenvalue weighted by Gasteiger charge is 2.26. The van der Waals surface area contributed by atoms with Crippen molar-refractivity contribution in [1.82, 2.24) is 4.72 Å². The minimum absolute atomic E-state index is 0.0232. The number of anilines is 1. The summed E-state index contributed by atoms with van der Waals surface area (Å²) in [4.78, 5) is 0.0232. The van der Waals surface area contributed by atoms with Crippen molar-refractivity contribution in [3.05, 3.63) is 24.0 Å². The second-order valence-electron chi connectivity index (χ2n) is 5.44. The number of sulfonamides is 1. The molecule has 1 aliphatic carbocycles. The first-order valence-corrected chi connectivity index (χ1v) is 8.48. The molecule has 4 nitrogen and oxygen atoms in total. The molecule has 0 amide bonds. The summed E-state index contributed by atoms with van der Waals surface area (Å²) in [7, 11) is -3.63. The van der Waals surface area contributed by atoms with Gasteiger partial charge in [-0.2, -0.15) is 0 Å². The van der Waals surface area contributed by atoms with Crippen LogP contribution in [0.2, 0.25) is 0 Å². The van der Waals surface area contributed by atoms with Gasteiger partial charge >= 0.3 is 0 Å². The van der Waals surface area contributed by atoms with Crippen LogP contribution in [0.15, 0.2) is 23.1 Å². The van der Waals surface area contributed by atoms with Crippen molar-refractivity contribution < 1.29 is 12.8 Å². The third-order valence-corrected chi connectivity index (χ3v) is 5.48.